The van der Waals surface area contributed by atoms with Gasteiger partial charge in [-0.3, -0.25) is 9.00 Å². The van der Waals surface area contributed by atoms with Crippen molar-refractivity contribution < 1.29 is 13.6 Å². The van der Waals surface area contributed by atoms with Crippen molar-refractivity contribution in [1.29, 1.82) is 0 Å². The lowest BCUT2D eigenvalue weighted by Crippen LogP contribution is -2.24. The van der Waals surface area contributed by atoms with Gasteiger partial charge in [0.2, 0.25) is 0 Å². The minimum atomic E-state index is -2.22. The van der Waals surface area contributed by atoms with Crippen LogP contribution in [0.25, 0.3) is 0 Å². The number of aliphatic imine (C=N–C) groups is 1. The lowest BCUT2D eigenvalue weighted by atomic mass is 9.96. The van der Waals surface area contributed by atoms with Crippen LogP contribution in [0.3, 0.4) is 0 Å². The van der Waals surface area contributed by atoms with Gasteiger partial charge >= 0.3 is 0 Å². The van der Waals surface area contributed by atoms with Crippen molar-refractivity contribution in [2.75, 3.05) is 0 Å². The van der Waals surface area contributed by atoms with Crippen LogP contribution in [0.1, 0.15) is 41.3 Å². The Hall–Kier alpha value is -1.73. The molecule has 0 heterocycles. The number of rotatable bonds is 4. The fourth-order valence-electron chi connectivity index (χ4n) is 1.74. The van der Waals surface area contributed by atoms with Gasteiger partial charge in [0.25, 0.3) is 5.91 Å². The van der Waals surface area contributed by atoms with E-state index in [9.17, 15) is 13.6 Å². The quantitative estimate of drug-likeness (QED) is 0.476. The van der Waals surface area contributed by atoms with Gasteiger partial charge in [0.1, 0.15) is 0 Å². The first kappa shape index (κ1) is 15.3. The number of benzene rings is 1. The van der Waals surface area contributed by atoms with Crippen LogP contribution < -0.4 is 11.5 Å². The van der Waals surface area contributed by atoms with Gasteiger partial charge in [-0.2, -0.15) is 4.99 Å². The highest BCUT2D eigenvalue weighted by Crippen LogP contribution is 2.22. The molecule has 0 radical (unpaired) electrons. The second-order valence-corrected chi connectivity index (χ2v) is 5.25. The Balaban J connectivity index is 3.21. The fraction of sp³-hybridized carbons (Fsp3) is 0.333. The standard InChI is InChI=1S/C12H17N3O3S/c1-7(2)10-4-3-8(11(16)15-12(13)14)5-9(10)6-19(17)18/h3-5,7H,6H2,1-2H3,(H,17,18)(H4,13,14,15,16)/p-1. The third-order valence-electron chi connectivity index (χ3n) is 2.52. The van der Waals surface area contributed by atoms with Crippen molar-refractivity contribution in [3.05, 3.63) is 34.9 Å². The highest BCUT2D eigenvalue weighted by molar-refractivity contribution is 7.78. The van der Waals surface area contributed by atoms with Gasteiger partial charge in [0.15, 0.2) is 5.96 Å². The number of amides is 1. The molecule has 1 rings (SSSR count). The first-order valence-electron chi connectivity index (χ1n) is 5.64. The zero-order valence-corrected chi connectivity index (χ0v) is 11.6. The van der Waals surface area contributed by atoms with E-state index in [4.69, 9.17) is 11.5 Å². The maximum Gasteiger partial charge on any atom is 0.280 e. The van der Waals surface area contributed by atoms with Gasteiger partial charge in [0, 0.05) is 11.3 Å². The molecule has 0 spiro atoms. The first-order chi connectivity index (χ1) is 8.81. The Labute approximate surface area is 114 Å². The molecule has 4 N–H and O–H groups in total. The second kappa shape index (κ2) is 6.44. The zero-order chi connectivity index (χ0) is 14.6. The van der Waals surface area contributed by atoms with E-state index in [2.05, 4.69) is 4.99 Å². The van der Waals surface area contributed by atoms with Gasteiger partial charge in [-0.1, -0.05) is 31.0 Å². The summed E-state index contributed by atoms with van der Waals surface area (Å²) in [4.78, 5) is 15.1. The Bertz CT molecular complexity index is 537. The number of carbonyl (C=O) groups excluding carboxylic acids is 1. The molecule has 0 saturated carbocycles. The molecule has 0 fully saturated rings. The molecule has 6 nitrogen and oxygen atoms in total. The zero-order valence-electron chi connectivity index (χ0n) is 10.8. The topological polar surface area (TPSA) is 122 Å². The van der Waals surface area contributed by atoms with Crippen LogP contribution in [-0.4, -0.2) is 20.6 Å². The van der Waals surface area contributed by atoms with Gasteiger partial charge in [0.05, 0.1) is 0 Å². The van der Waals surface area contributed by atoms with Crippen molar-refractivity contribution in [3.63, 3.8) is 0 Å². The lowest BCUT2D eigenvalue weighted by Gasteiger charge is -2.15. The molecule has 1 unspecified atom stereocenters. The van der Waals surface area contributed by atoms with Crippen LogP contribution in [0.15, 0.2) is 23.2 Å². The summed E-state index contributed by atoms with van der Waals surface area (Å²) in [5.74, 6) is -0.901. The van der Waals surface area contributed by atoms with Gasteiger partial charge in [-0.05, 0) is 29.2 Å². The molecule has 1 atom stereocenters. The van der Waals surface area contributed by atoms with Crippen molar-refractivity contribution in [2.24, 2.45) is 16.5 Å². The van der Waals surface area contributed by atoms with Crippen LogP contribution in [-0.2, 0) is 16.8 Å². The average molecular weight is 282 g/mol. The molecule has 1 amide bonds. The van der Waals surface area contributed by atoms with Gasteiger partial charge < -0.3 is 16.0 Å². The summed E-state index contributed by atoms with van der Waals surface area (Å²) in [7, 11) is 0. The molecule has 0 aliphatic rings. The molecule has 0 aliphatic carbocycles. The van der Waals surface area contributed by atoms with Crippen LogP contribution in [0.4, 0.5) is 0 Å². The van der Waals surface area contributed by atoms with E-state index in [0.29, 0.717) is 5.56 Å². The number of hydrogen-bond acceptors (Lipinski definition) is 3. The van der Waals surface area contributed by atoms with Crippen molar-refractivity contribution in [1.82, 2.24) is 0 Å². The maximum absolute atomic E-state index is 11.7. The number of hydrogen-bond donors (Lipinski definition) is 2. The molecular formula is C12H16N3O3S-. The molecule has 0 aromatic heterocycles. The monoisotopic (exact) mass is 282 g/mol. The molecule has 19 heavy (non-hydrogen) atoms. The van der Waals surface area contributed by atoms with Crippen LogP contribution in [0.2, 0.25) is 0 Å². The normalized spacial score (nSPS) is 12.2. The highest BCUT2D eigenvalue weighted by atomic mass is 32.2. The minimum Gasteiger partial charge on any atom is -0.772 e. The van der Waals surface area contributed by atoms with E-state index in [1.165, 1.54) is 6.07 Å². The molecule has 1 aromatic rings. The molecule has 0 aliphatic heterocycles. The molecule has 104 valence electrons. The number of nitrogens with zero attached hydrogens (tertiary/aromatic N) is 1. The van der Waals surface area contributed by atoms with Crippen LogP contribution >= 0.6 is 0 Å². The summed E-state index contributed by atoms with van der Waals surface area (Å²) < 4.78 is 21.7. The van der Waals surface area contributed by atoms with Crippen molar-refractivity contribution >= 4 is 22.9 Å². The van der Waals surface area contributed by atoms with E-state index in [-0.39, 0.29) is 23.2 Å². The van der Waals surface area contributed by atoms with Gasteiger partial charge in [-0.25, -0.2) is 0 Å². The third kappa shape index (κ3) is 4.46. The fourth-order valence-corrected chi connectivity index (χ4v) is 2.24. The van der Waals surface area contributed by atoms with E-state index >= 15 is 0 Å². The highest BCUT2D eigenvalue weighted by Gasteiger charge is 2.11. The predicted octanol–water partition coefficient (Wildman–Crippen LogP) is 0.603. The van der Waals surface area contributed by atoms with Crippen LogP contribution in [0.5, 0.6) is 0 Å². The summed E-state index contributed by atoms with van der Waals surface area (Å²) in [6.45, 7) is 3.90. The Morgan fingerprint density at radius 3 is 2.53 bits per heavy atom. The Morgan fingerprint density at radius 1 is 1.42 bits per heavy atom. The Morgan fingerprint density at radius 2 is 2.05 bits per heavy atom. The molecule has 0 saturated heterocycles. The first-order valence-corrected chi connectivity index (χ1v) is 6.88. The molecule has 0 bridgehead atoms. The van der Waals surface area contributed by atoms with E-state index < -0.39 is 17.0 Å². The summed E-state index contributed by atoms with van der Waals surface area (Å²) in [5.41, 5.74) is 12.0. The average Bonchev–Trinajstić information content (AvgIpc) is 2.26. The van der Waals surface area contributed by atoms with Crippen molar-refractivity contribution in [3.8, 4) is 0 Å². The number of nitrogens with two attached hydrogens (primary N) is 2. The summed E-state index contributed by atoms with van der Waals surface area (Å²) in [6, 6.07) is 4.82. The molecule has 1 aromatic carbocycles. The Kier molecular flexibility index (Phi) is 5.20. The predicted molar refractivity (Wildman–Crippen MR) is 73.3 cm³/mol. The lowest BCUT2D eigenvalue weighted by molar-refractivity contribution is 0.100. The molecular weight excluding hydrogens is 266 g/mol. The smallest absolute Gasteiger partial charge is 0.280 e. The number of guanidine groups is 1. The largest absolute Gasteiger partial charge is 0.772 e. The summed E-state index contributed by atoms with van der Waals surface area (Å²) in [6.07, 6.45) is 0. The van der Waals surface area contributed by atoms with E-state index in [1.807, 2.05) is 13.8 Å². The molecule has 7 heteroatoms. The third-order valence-corrected chi connectivity index (χ3v) is 3.06. The summed E-state index contributed by atoms with van der Waals surface area (Å²) in [5, 5.41) is 0. The van der Waals surface area contributed by atoms with Crippen LogP contribution in [0, 0.1) is 0 Å². The van der Waals surface area contributed by atoms with E-state index in [1.54, 1.807) is 12.1 Å². The maximum atomic E-state index is 11.7. The minimum absolute atomic E-state index is 0.142. The number of carbonyl (C=O) groups is 1. The second-order valence-electron chi connectivity index (χ2n) is 4.36. The van der Waals surface area contributed by atoms with Gasteiger partial charge in [-0.15, -0.1) is 0 Å². The summed E-state index contributed by atoms with van der Waals surface area (Å²) >= 11 is -2.22. The SMILES string of the molecule is CC(C)c1ccc(C(=O)N=C(N)N)cc1CS(=O)[O-]. The van der Waals surface area contributed by atoms with Crippen molar-refractivity contribution in [2.45, 2.75) is 25.5 Å². The van der Waals surface area contributed by atoms with E-state index in [0.717, 1.165) is 5.56 Å².